The molecule has 0 aliphatic carbocycles. The second-order valence-corrected chi connectivity index (χ2v) is 4.10. The lowest BCUT2D eigenvalue weighted by atomic mass is 10.0. The van der Waals surface area contributed by atoms with Gasteiger partial charge in [0.2, 0.25) is 0 Å². The van der Waals surface area contributed by atoms with Gasteiger partial charge in [-0.25, -0.2) is 0 Å². The molecule has 1 aliphatic heterocycles. The summed E-state index contributed by atoms with van der Waals surface area (Å²) in [6, 6.07) is 6.06. The molecule has 0 radical (unpaired) electrons. The summed E-state index contributed by atoms with van der Waals surface area (Å²) in [5.74, 6) is 0.581. The molecule has 1 heterocycles. The molecule has 0 amide bonds. The highest BCUT2D eigenvalue weighted by Crippen LogP contribution is 2.26. The monoisotopic (exact) mass is 220 g/mol. The van der Waals surface area contributed by atoms with Gasteiger partial charge in [0.05, 0.1) is 6.42 Å². The summed E-state index contributed by atoms with van der Waals surface area (Å²) in [7, 11) is 0. The third-order valence-corrected chi connectivity index (χ3v) is 2.83. The van der Waals surface area contributed by atoms with Crippen LogP contribution in [-0.2, 0) is 17.6 Å². The lowest BCUT2D eigenvalue weighted by Gasteiger charge is -2.16. The van der Waals surface area contributed by atoms with Crippen LogP contribution in [0.3, 0.4) is 0 Å². The van der Waals surface area contributed by atoms with Crippen LogP contribution >= 0.6 is 0 Å². The number of aliphatic hydroxyl groups is 1. The van der Waals surface area contributed by atoms with Gasteiger partial charge in [-0.2, -0.15) is 0 Å². The summed E-state index contributed by atoms with van der Waals surface area (Å²) in [6.07, 6.45) is 3.97. The summed E-state index contributed by atoms with van der Waals surface area (Å²) >= 11 is 0. The van der Waals surface area contributed by atoms with E-state index in [1.54, 1.807) is 0 Å². The number of hydrogen-bond donors (Lipinski definition) is 1. The zero-order valence-electron chi connectivity index (χ0n) is 9.24. The van der Waals surface area contributed by atoms with Crippen LogP contribution in [0, 0.1) is 0 Å². The second-order valence-electron chi connectivity index (χ2n) is 4.10. The quantitative estimate of drug-likeness (QED) is 0.478. The maximum atomic E-state index is 11.1. The molecule has 0 atom stereocenters. The van der Waals surface area contributed by atoms with Gasteiger partial charge in [-0.1, -0.05) is 12.1 Å². The molecule has 1 aromatic carbocycles. The lowest BCUT2D eigenvalue weighted by molar-refractivity contribution is -0.135. The molecule has 3 heteroatoms. The molecule has 0 saturated carbocycles. The fraction of sp³-hybridized carbons (Fsp3) is 0.462. The summed E-state index contributed by atoms with van der Waals surface area (Å²) in [5.41, 5.74) is 2.28. The average molecular weight is 220 g/mol. The molecule has 1 aliphatic rings. The number of benzene rings is 1. The Kier molecular flexibility index (Phi) is 3.57. The van der Waals surface area contributed by atoms with Crippen molar-refractivity contribution in [3.63, 3.8) is 0 Å². The standard InChI is InChI=1S/C13H16O3/c14-8-2-1-3-10-4-5-11-6-7-13(15)16-12(11)9-10/h4-5,9,14H,1-3,6-8H2. The molecule has 3 nitrogen and oxygen atoms in total. The van der Waals surface area contributed by atoms with Crippen molar-refractivity contribution in [2.75, 3.05) is 6.61 Å². The van der Waals surface area contributed by atoms with Gasteiger partial charge in [0.1, 0.15) is 5.75 Å². The molecule has 86 valence electrons. The van der Waals surface area contributed by atoms with E-state index in [1.165, 1.54) is 5.56 Å². The smallest absolute Gasteiger partial charge is 0.311 e. The largest absolute Gasteiger partial charge is 0.426 e. The highest BCUT2D eigenvalue weighted by molar-refractivity contribution is 5.75. The number of unbranched alkanes of at least 4 members (excludes halogenated alkanes) is 1. The molecule has 0 bridgehead atoms. The summed E-state index contributed by atoms with van der Waals surface area (Å²) in [5, 5.41) is 8.70. The average Bonchev–Trinajstić information content (AvgIpc) is 2.29. The predicted molar refractivity (Wildman–Crippen MR) is 60.4 cm³/mol. The van der Waals surface area contributed by atoms with Crippen molar-refractivity contribution in [2.45, 2.75) is 32.1 Å². The minimum Gasteiger partial charge on any atom is -0.426 e. The molecule has 0 aromatic heterocycles. The normalized spacial score (nSPS) is 14.4. The number of esters is 1. The number of fused-ring (bicyclic) bond motifs is 1. The first-order valence-electron chi connectivity index (χ1n) is 5.73. The summed E-state index contributed by atoms with van der Waals surface area (Å²) in [4.78, 5) is 11.1. The van der Waals surface area contributed by atoms with Gasteiger partial charge in [0.25, 0.3) is 0 Å². The topological polar surface area (TPSA) is 46.5 Å². The van der Waals surface area contributed by atoms with Crippen molar-refractivity contribution < 1.29 is 14.6 Å². The van der Waals surface area contributed by atoms with Crippen LogP contribution in [0.4, 0.5) is 0 Å². The van der Waals surface area contributed by atoms with E-state index in [0.717, 1.165) is 37.0 Å². The fourth-order valence-corrected chi connectivity index (χ4v) is 1.91. The first-order chi connectivity index (χ1) is 7.79. The van der Waals surface area contributed by atoms with Crippen LogP contribution in [0.5, 0.6) is 5.75 Å². The molecule has 0 fully saturated rings. The number of carbonyl (C=O) groups is 1. The molecule has 0 unspecified atom stereocenters. The zero-order chi connectivity index (χ0) is 11.4. The fourth-order valence-electron chi connectivity index (χ4n) is 1.91. The van der Waals surface area contributed by atoms with Crippen molar-refractivity contribution in [3.8, 4) is 5.75 Å². The number of ether oxygens (including phenoxy) is 1. The Labute approximate surface area is 95.0 Å². The zero-order valence-corrected chi connectivity index (χ0v) is 9.24. The van der Waals surface area contributed by atoms with E-state index in [2.05, 4.69) is 6.07 Å². The van der Waals surface area contributed by atoms with Crippen LogP contribution in [-0.4, -0.2) is 17.7 Å². The SMILES string of the molecule is O=C1CCc2ccc(CCCCO)cc2O1. The van der Waals surface area contributed by atoms with Gasteiger partial charge in [0.15, 0.2) is 0 Å². The van der Waals surface area contributed by atoms with E-state index in [1.807, 2.05) is 12.1 Å². The molecule has 16 heavy (non-hydrogen) atoms. The third-order valence-electron chi connectivity index (χ3n) is 2.83. The van der Waals surface area contributed by atoms with Gasteiger partial charge >= 0.3 is 5.97 Å². The third kappa shape index (κ3) is 2.61. The predicted octanol–water partition coefficient (Wildman–Crippen LogP) is 1.85. The molecule has 1 N–H and O–H groups in total. The number of aryl methyl sites for hydroxylation is 2. The van der Waals surface area contributed by atoms with E-state index < -0.39 is 0 Å². The van der Waals surface area contributed by atoms with E-state index in [4.69, 9.17) is 9.84 Å². The van der Waals surface area contributed by atoms with E-state index in [-0.39, 0.29) is 12.6 Å². The van der Waals surface area contributed by atoms with Gasteiger partial charge in [-0.15, -0.1) is 0 Å². The molecular formula is C13H16O3. The Morgan fingerprint density at radius 2 is 2.12 bits per heavy atom. The Hall–Kier alpha value is -1.35. The number of carbonyl (C=O) groups excluding carboxylic acids is 1. The van der Waals surface area contributed by atoms with Crippen LogP contribution in [0.25, 0.3) is 0 Å². The van der Waals surface area contributed by atoms with Crippen molar-refractivity contribution in [1.29, 1.82) is 0 Å². The lowest BCUT2D eigenvalue weighted by Crippen LogP contribution is -2.15. The highest BCUT2D eigenvalue weighted by Gasteiger charge is 2.16. The molecule has 0 saturated heterocycles. The molecule has 1 aromatic rings. The maximum absolute atomic E-state index is 11.1. The maximum Gasteiger partial charge on any atom is 0.311 e. The van der Waals surface area contributed by atoms with Crippen molar-refractivity contribution in [1.82, 2.24) is 0 Å². The van der Waals surface area contributed by atoms with Crippen LogP contribution in [0.1, 0.15) is 30.4 Å². The Morgan fingerprint density at radius 3 is 2.94 bits per heavy atom. The van der Waals surface area contributed by atoms with Crippen molar-refractivity contribution in [3.05, 3.63) is 29.3 Å². The summed E-state index contributed by atoms with van der Waals surface area (Å²) in [6.45, 7) is 0.236. The first-order valence-corrected chi connectivity index (χ1v) is 5.73. The number of hydrogen-bond acceptors (Lipinski definition) is 3. The van der Waals surface area contributed by atoms with E-state index >= 15 is 0 Å². The van der Waals surface area contributed by atoms with Crippen LogP contribution < -0.4 is 4.74 Å². The second kappa shape index (κ2) is 5.12. The molecular weight excluding hydrogens is 204 g/mol. The van der Waals surface area contributed by atoms with Gasteiger partial charge in [-0.05, 0) is 42.9 Å². The Bertz CT molecular complexity index is 385. The molecule has 2 rings (SSSR count). The van der Waals surface area contributed by atoms with Gasteiger partial charge in [0, 0.05) is 6.61 Å². The minimum atomic E-state index is -0.139. The van der Waals surface area contributed by atoms with Gasteiger partial charge in [-0.3, -0.25) is 4.79 Å². The van der Waals surface area contributed by atoms with Crippen molar-refractivity contribution in [2.24, 2.45) is 0 Å². The number of rotatable bonds is 4. The van der Waals surface area contributed by atoms with E-state index in [0.29, 0.717) is 6.42 Å². The van der Waals surface area contributed by atoms with Crippen molar-refractivity contribution >= 4 is 5.97 Å². The first kappa shape index (κ1) is 11.1. The van der Waals surface area contributed by atoms with Crippen LogP contribution in [0.15, 0.2) is 18.2 Å². The van der Waals surface area contributed by atoms with Crippen LogP contribution in [0.2, 0.25) is 0 Å². The highest BCUT2D eigenvalue weighted by atomic mass is 16.5. The Balaban J connectivity index is 2.06. The minimum absolute atomic E-state index is 0.139. The van der Waals surface area contributed by atoms with E-state index in [9.17, 15) is 4.79 Å². The van der Waals surface area contributed by atoms with Gasteiger partial charge < -0.3 is 9.84 Å². The summed E-state index contributed by atoms with van der Waals surface area (Å²) < 4.78 is 5.19. The Morgan fingerprint density at radius 1 is 1.25 bits per heavy atom. The molecule has 0 spiro atoms. The number of aliphatic hydroxyl groups excluding tert-OH is 1.